The number of nitrogens with zero attached hydrogens (tertiary/aromatic N) is 3. The van der Waals surface area contributed by atoms with Crippen molar-refractivity contribution in [1.82, 2.24) is 14.1 Å². The van der Waals surface area contributed by atoms with E-state index < -0.39 is 0 Å². The van der Waals surface area contributed by atoms with Crippen LogP contribution in [-0.2, 0) is 40.3 Å². The van der Waals surface area contributed by atoms with Crippen molar-refractivity contribution in [3.63, 3.8) is 0 Å². The summed E-state index contributed by atoms with van der Waals surface area (Å²) in [5.41, 5.74) is 14.4. The van der Waals surface area contributed by atoms with Crippen LogP contribution in [0.4, 0.5) is 0 Å². The summed E-state index contributed by atoms with van der Waals surface area (Å²) >= 11 is 0. The summed E-state index contributed by atoms with van der Waals surface area (Å²) in [4.78, 5) is 5.49. The van der Waals surface area contributed by atoms with Gasteiger partial charge in [-0.05, 0) is 84.6 Å². The number of phenols is 2. The number of aromatic nitrogens is 3. The molecule has 3 aromatic heterocycles. The number of fused-ring (bicyclic) bond motifs is 2. The molecular formula is C51H45N3O2Zr. The third-order valence-electron chi connectivity index (χ3n) is 10.7. The van der Waals surface area contributed by atoms with Gasteiger partial charge in [-0.2, -0.15) is 0 Å². The fraction of sp³-hybridized carbons (Fsp3) is 0.0784. The molecule has 5 nitrogen and oxygen atoms in total. The fourth-order valence-electron chi connectivity index (χ4n) is 8.24. The number of aromatic hydroxyl groups is 2. The first-order valence-corrected chi connectivity index (χ1v) is 18.2. The van der Waals surface area contributed by atoms with E-state index in [1.807, 2.05) is 84.9 Å². The largest absolute Gasteiger partial charge is 2.00 e. The van der Waals surface area contributed by atoms with E-state index in [1.54, 1.807) is 0 Å². The number of para-hydroxylation sites is 2. The number of phenolic OH excluding ortho intramolecular Hbond substituents is 2. The molecule has 0 radical (unpaired) electrons. The minimum absolute atomic E-state index is 0. The first-order chi connectivity index (χ1) is 26.3. The van der Waals surface area contributed by atoms with E-state index in [0.29, 0.717) is 0 Å². The molecule has 6 heteroatoms. The van der Waals surface area contributed by atoms with E-state index >= 15 is 0 Å². The van der Waals surface area contributed by atoms with Crippen molar-refractivity contribution in [2.45, 2.75) is 13.8 Å². The van der Waals surface area contributed by atoms with Crippen LogP contribution in [0.1, 0.15) is 11.1 Å². The topological polar surface area (TPSA) is 63.2 Å². The molecule has 2 N–H and O–H groups in total. The average Bonchev–Trinajstić information content (AvgIpc) is 3.67. The van der Waals surface area contributed by atoms with Gasteiger partial charge < -0.3 is 34.2 Å². The summed E-state index contributed by atoms with van der Waals surface area (Å²) < 4.78 is 4.34. The predicted octanol–water partition coefficient (Wildman–Crippen LogP) is 13.0. The van der Waals surface area contributed by atoms with Gasteiger partial charge in [-0.15, -0.1) is 0 Å². The van der Waals surface area contributed by atoms with Gasteiger partial charge in [0.05, 0.1) is 22.8 Å². The molecule has 0 fully saturated rings. The molecule has 57 heavy (non-hydrogen) atoms. The third-order valence-corrected chi connectivity index (χ3v) is 10.7. The Labute approximate surface area is 354 Å². The Morgan fingerprint density at radius 2 is 0.789 bits per heavy atom. The monoisotopic (exact) mass is 821 g/mol. The van der Waals surface area contributed by atoms with E-state index in [9.17, 15) is 10.2 Å². The molecule has 0 spiro atoms. The van der Waals surface area contributed by atoms with Gasteiger partial charge in [-0.25, -0.2) is 4.98 Å². The van der Waals surface area contributed by atoms with Crippen LogP contribution in [0.5, 0.6) is 11.5 Å². The van der Waals surface area contributed by atoms with Crippen LogP contribution >= 0.6 is 0 Å². The quantitative estimate of drug-likeness (QED) is 0.164. The molecule has 0 unspecified atom stereocenters. The van der Waals surface area contributed by atoms with Crippen molar-refractivity contribution in [3.8, 4) is 78.8 Å². The zero-order valence-corrected chi connectivity index (χ0v) is 35.6. The van der Waals surface area contributed by atoms with Crippen LogP contribution in [0.2, 0.25) is 0 Å². The second-order valence-corrected chi connectivity index (χ2v) is 14.2. The molecule has 0 aliphatic heterocycles. The molecule has 280 valence electrons. The Hall–Kier alpha value is -5.97. The van der Waals surface area contributed by atoms with Gasteiger partial charge in [0.25, 0.3) is 0 Å². The molecule has 6 aromatic carbocycles. The van der Waals surface area contributed by atoms with Gasteiger partial charge in [-0.3, -0.25) is 0 Å². The molecule has 0 saturated heterocycles. The summed E-state index contributed by atoms with van der Waals surface area (Å²) in [5.74, 6) is 0.464. The Morgan fingerprint density at radius 3 is 1.19 bits per heavy atom. The number of pyridine rings is 1. The van der Waals surface area contributed by atoms with Gasteiger partial charge in [0.15, 0.2) is 0 Å². The van der Waals surface area contributed by atoms with Gasteiger partial charge in [-0.1, -0.05) is 103 Å². The predicted molar refractivity (Wildman–Crippen MR) is 235 cm³/mol. The Bertz CT molecular complexity index is 2700. The smallest absolute Gasteiger partial charge is 0.507 e. The fourth-order valence-corrected chi connectivity index (χ4v) is 8.24. The van der Waals surface area contributed by atoms with E-state index in [1.165, 1.54) is 0 Å². The minimum Gasteiger partial charge on any atom is -0.507 e. The summed E-state index contributed by atoms with van der Waals surface area (Å²) in [6, 6.07) is 51.2. The SMILES string of the molecule is Cc1cc(-c2ccccc2)c(O)c(-c2c(-c3cccc(-c4c(-c5cc(C)cc(-c6ccccc6)c5O)n(C)c5ccccc45)n3)c3ccccc3n2C)c1.[CH3-].[CH3-].[Zr+2]. The van der Waals surface area contributed by atoms with Crippen LogP contribution in [0.15, 0.2) is 152 Å². The van der Waals surface area contributed by atoms with Crippen LogP contribution in [0, 0.1) is 28.7 Å². The second-order valence-electron chi connectivity index (χ2n) is 14.2. The van der Waals surface area contributed by atoms with Gasteiger partial charge in [0, 0.05) is 69.3 Å². The normalized spacial score (nSPS) is 10.9. The standard InChI is InChI=1S/C49H39N3O2.2CH3.Zr/c1-30-26-36(32-16-7-5-8-17-32)48(53)38(28-30)46-44(34-20-11-13-24-42(34)51(46)3)40-22-15-23-41(50-40)45-35-21-12-14-25-43(35)52(4)47(45)39-29-31(2)27-37(49(39)54)33-18-9-6-10-19-33;;;/h5-29,53-54H,1-4H3;2*1H3;/q;2*-1;+2. The molecule has 0 amide bonds. The van der Waals surface area contributed by atoms with Gasteiger partial charge in [0.1, 0.15) is 11.5 Å². The number of hydrogen-bond donors (Lipinski definition) is 2. The van der Waals surface area contributed by atoms with Crippen LogP contribution < -0.4 is 0 Å². The maximum Gasteiger partial charge on any atom is 2.00 e. The average molecular weight is 823 g/mol. The maximum absolute atomic E-state index is 12.1. The number of aryl methyl sites for hydroxylation is 4. The van der Waals surface area contributed by atoms with Gasteiger partial charge in [0.2, 0.25) is 0 Å². The van der Waals surface area contributed by atoms with Crippen molar-refractivity contribution in [2.75, 3.05) is 0 Å². The first kappa shape index (κ1) is 40.7. The number of rotatable bonds is 6. The second kappa shape index (κ2) is 16.3. The van der Waals surface area contributed by atoms with Crippen LogP contribution in [0.25, 0.3) is 89.1 Å². The Kier molecular flexibility index (Phi) is 11.6. The molecule has 0 saturated carbocycles. The summed E-state index contributed by atoms with van der Waals surface area (Å²) in [5, 5.41) is 26.2. The molecule has 3 heterocycles. The maximum atomic E-state index is 12.1. The third kappa shape index (κ3) is 6.83. The summed E-state index contributed by atoms with van der Waals surface area (Å²) in [7, 11) is 4.12. The summed E-state index contributed by atoms with van der Waals surface area (Å²) in [6.07, 6.45) is 0. The van der Waals surface area contributed by atoms with E-state index in [2.05, 4.69) is 104 Å². The summed E-state index contributed by atoms with van der Waals surface area (Å²) in [6.45, 7) is 4.14. The van der Waals surface area contributed by atoms with Gasteiger partial charge >= 0.3 is 26.2 Å². The van der Waals surface area contributed by atoms with E-state index in [-0.39, 0.29) is 52.6 Å². The molecule has 0 bridgehead atoms. The van der Waals surface area contributed by atoms with Crippen molar-refractivity contribution >= 4 is 21.8 Å². The van der Waals surface area contributed by atoms with Crippen LogP contribution in [-0.4, -0.2) is 24.3 Å². The van der Waals surface area contributed by atoms with Crippen molar-refractivity contribution in [1.29, 1.82) is 0 Å². The number of benzene rings is 6. The molecule has 0 atom stereocenters. The van der Waals surface area contributed by atoms with Crippen molar-refractivity contribution in [2.24, 2.45) is 14.1 Å². The Balaban J connectivity index is 0.00000183. The zero-order chi connectivity index (χ0) is 37.1. The van der Waals surface area contributed by atoms with Crippen molar-refractivity contribution < 1.29 is 36.4 Å². The molecule has 0 aliphatic rings. The zero-order valence-electron chi connectivity index (χ0n) is 33.2. The van der Waals surface area contributed by atoms with E-state index in [4.69, 9.17) is 4.98 Å². The van der Waals surface area contributed by atoms with Crippen molar-refractivity contribution in [3.05, 3.63) is 178 Å². The van der Waals surface area contributed by atoms with E-state index in [0.717, 1.165) is 100 Å². The minimum atomic E-state index is 0. The number of hydrogen-bond acceptors (Lipinski definition) is 3. The van der Waals surface area contributed by atoms with Crippen LogP contribution in [0.3, 0.4) is 0 Å². The molecular weight excluding hydrogens is 778 g/mol. The molecule has 9 aromatic rings. The molecule has 0 aliphatic carbocycles. The molecule has 9 rings (SSSR count). The Morgan fingerprint density at radius 1 is 0.439 bits per heavy atom. The first-order valence-electron chi connectivity index (χ1n) is 18.2.